The molecule has 82 valence electrons. The van der Waals surface area contributed by atoms with E-state index in [4.69, 9.17) is 0 Å². The maximum atomic E-state index is 11.5. The minimum Gasteiger partial charge on any atom is -0.266 e. The Bertz CT molecular complexity index is 330. The van der Waals surface area contributed by atoms with Crippen molar-refractivity contribution in [3.05, 3.63) is 22.4 Å². The van der Waals surface area contributed by atoms with Gasteiger partial charge in [-0.05, 0) is 31.2 Å². The monoisotopic (exact) mass is 224 g/mol. The average Bonchev–Trinajstić information content (AvgIpc) is 2.76. The van der Waals surface area contributed by atoms with E-state index in [0.29, 0.717) is 4.88 Å². The summed E-state index contributed by atoms with van der Waals surface area (Å²) in [4.78, 5) is 12.2. The van der Waals surface area contributed by atoms with Gasteiger partial charge in [-0.1, -0.05) is 19.4 Å². The molecule has 1 aromatic heterocycles. The van der Waals surface area contributed by atoms with Gasteiger partial charge in [0.1, 0.15) is 0 Å². The third-order valence-electron chi connectivity index (χ3n) is 1.99. The maximum Gasteiger partial charge on any atom is 0.281 e. The van der Waals surface area contributed by atoms with Gasteiger partial charge in [-0.25, -0.2) is 5.43 Å². The third kappa shape index (κ3) is 4.25. The van der Waals surface area contributed by atoms with Crippen LogP contribution in [0.1, 0.15) is 42.8 Å². The summed E-state index contributed by atoms with van der Waals surface area (Å²) >= 11 is 1.42. The van der Waals surface area contributed by atoms with E-state index in [1.807, 2.05) is 18.4 Å². The van der Waals surface area contributed by atoms with Crippen molar-refractivity contribution in [1.82, 2.24) is 5.43 Å². The van der Waals surface area contributed by atoms with Gasteiger partial charge in [-0.15, -0.1) is 11.3 Å². The van der Waals surface area contributed by atoms with Crippen molar-refractivity contribution in [2.24, 2.45) is 5.10 Å². The van der Waals surface area contributed by atoms with Gasteiger partial charge in [-0.2, -0.15) is 5.10 Å². The fraction of sp³-hybridized carbons (Fsp3) is 0.455. The number of hydrogen-bond acceptors (Lipinski definition) is 3. The largest absolute Gasteiger partial charge is 0.281 e. The van der Waals surface area contributed by atoms with Crippen LogP contribution in [0, 0.1) is 0 Å². The number of hydrogen-bond donors (Lipinski definition) is 1. The van der Waals surface area contributed by atoms with Crippen LogP contribution in [0.15, 0.2) is 22.6 Å². The highest BCUT2D eigenvalue weighted by molar-refractivity contribution is 7.12. The Morgan fingerprint density at radius 1 is 1.60 bits per heavy atom. The Balaban J connectivity index is 2.39. The topological polar surface area (TPSA) is 41.5 Å². The Labute approximate surface area is 94.2 Å². The van der Waals surface area contributed by atoms with Crippen LogP contribution in [0.5, 0.6) is 0 Å². The fourth-order valence-electron chi connectivity index (χ4n) is 1.10. The molecule has 0 unspecified atom stereocenters. The van der Waals surface area contributed by atoms with Gasteiger partial charge in [0, 0.05) is 5.71 Å². The van der Waals surface area contributed by atoms with Crippen LogP contribution in [0.4, 0.5) is 0 Å². The molecule has 0 spiro atoms. The Morgan fingerprint density at radius 2 is 2.40 bits per heavy atom. The van der Waals surface area contributed by atoms with Gasteiger partial charge in [-0.3, -0.25) is 4.79 Å². The number of rotatable bonds is 5. The van der Waals surface area contributed by atoms with Gasteiger partial charge in [0.2, 0.25) is 0 Å². The van der Waals surface area contributed by atoms with Crippen LogP contribution in [-0.2, 0) is 0 Å². The van der Waals surface area contributed by atoms with Crippen LogP contribution < -0.4 is 5.43 Å². The maximum absolute atomic E-state index is 11.5. The number of thiophene rings is 1. The predicted molar refractivity (Wildman–Crippen MR) is 64.4 cm³/mol. The van der Waals surface area contributed by atoms with Gasteiger partial charge in [0.05, 0.1) is 4.88 Å². The lowest BCUT2D eigenvalue weighted by molar-refractivity contribution is 0.0958. The molecule has 0 aliphatic carbocycles. The zero-order chi connectivity index (χ0) is 11.1. The lowest BCUT2D eigenvalue weighted by Crippen LogP contribution is -2.17. The Hall–Kier alpha value is -1.16. The van der Waals surface area contributed by atoms with Crippen LogP contribution in [0.3, 0.4) is 0 Å². The molecule has 0 saturated carbocycles. The number of nitrogens with zero attached hydrogens (tertiary/aromatic N) is 1. The lowest BCUT2D eigenvalue weighted by Gasteiger charge is -2.00. The first-order chi connectivity index (χ1) is 7.24. The first kappa shape index (κ1) is 11.9. The number of unbranched alkanes of at least 4 members (excludes halogenated alkanes) is 1. The minimum atomic E-state index is -0.124. The number of carbonyl (C=O) groups is 1. The minimum absolute atomic E-state index is 0.124. The number of hydrazone groups is 1. The first-order valence-electron chi connectivity index (χ1n) is 5.11. The highest BCUT2D eigenvalue weighted by Gasteiger charge is 2.04. The van der Waals surface area contributed by atoms with Crippen molar-refractivity contribution in [2.45, 2.75) is 33.1 Å². The van der Waals surface area contributed by atoms with Crippen LogP contribution >= 0.6 is 11.3 Å². The normalized spacial score (nSPS) is 11.5. The second-order valence-corrected chi connectivity index (χ2v) is 4.32. The molecule has 1 heterocycles. The molecule has 15 heavy (non-hydrogen) atoms. The van der Waals surface area contributed by atoms with Gasteiger partial charge in [0.15, 0.2) is 0 Å². The first-order valence-corrected chi connectivity index (χ1v) is 5.99. The summed E-state index contributed by atoms with van der Waals surface area (Å²) in [6.45, 7) is 4.07. The second kappa shape index (κ2) is 6.35. The molecule has 3 nitrogen and oxygen atoms in total. The quantitative estimate of drug-likeness (QED) is 0.606. The molecule has 1 rings (SSSR count). The Morgan fingerprint density at radius 3 is 3.00 bits per heavy atom. The molecular formula is C11H16N2OS. The predicted octanol–water partition coefficient (Wildman–Crippen LogP) is 3.04. The number of nitrogens with one attached hydrogen (secondary N) is 1. The van der Waals surface area contributed by atoms with E-state index >= 15 is 0 Å². The third-order valence-corrected chi connectivity index (χ3v) is 2.85. The lowest BCUT2D eigenvalue weighted by atomic mass is 10.2. The van der Waals surface area contributed by atoms with E-state index in [0.717, 1.165) is 25.0 Å². The van der Waals surface area contributed by atoms with Gasteiger partial charge >= 0.3 is 0 Å². The van der Waals surface area contributed by atoms with Crippen molar-refractivity contribution < 1.29 is 4.79 Å². The second-order valence-electron chi connectivity index (χ2n) is 3.37. The molecule has 4 heteroatoms. The molecule has 0 fully saturated rings. The van der Waals surface area contributed by atoms with Crippen molar-refractivity contribution >= 4 is 23.0 Å². The van der Waals surface area contributed by atoms with Crippen LogP contribution in [0.2, 0.25) is 0 Å². The molecule has 1 aromatic rings. The number of carbonyl (C=O) groups excluding carboxylic acids is 1. The SMILES string of the molecule is CCCCC(C)=NNC(=O)c1cccs1. The summed E-state index contributed by atoms with van der Waals surface area (Å²) in [5.74, 6) is -0.124. The summed E-state index contributed by atoms with van der Waals surface area (Å²) in [5, 5.41) is 5.92. The summed E-state index contributed by atoms with van der Waals surface area (Å²) in [7, 11) is 0. The molecule has 0 atom stereocenters. The van der Waals surface area contributed by atoms with E-state index in [1.54, 1.807) is 6.07 Å². The van der Waals surface area contributed by atoms with E-state index < -0.39 is 0 Å². The summed E-state index contributed by atoms with van der Waals surface area (Å²) in [6.07, 6.45) is 3.21. The molecule has 0 aliphatic rings. The van der Waals surface area contributed by atoms with Crippen molar-refractivity contribution in [3.8, 4) is 0 Å². The van der Waals surface area contributed by atoms with Crippen molar-refractivity contribution in [3.63, 3.8) is 0 Å². The highest BCUT2D eigenvalue weighted by atomic mass is 32.1. The molecular weight excluding hydrogens is 208 g/mol. The molecule has 0 aliphatic heterocycles. The molecule has 1 amide bonds. The molecule has 0 aromatic carbocycles. The highest BCUT2D eigenvalue weighted by Crippen LogP contribution is 2.07. The zero-order valence-electron chi connectivity index (χ0n) is 9.12. The number of amides is 1. The molecule has 0 radical (unpaired) electrons. The van der Waals surface area contributed by atoms with E-state index in [-0.39, 0.29) is 5.91 Å². The molecule has 0 bridgehead atoms. The van der Waals surface area contributed by atoms with Gasteiger partial charge < -0.3 is 0 Å². The smallest absolute Gasteiger partial charge is 0.266 e. The summed E-state index contributed by atoms with van der Waals surface area (Å²) in [5.41, 5.74) is 3.53. The fourth-order valence-corrected chi connectivity index (χ4v) is 1.71. The van der Waals surface area contributed by atoms with E-state index in [2.05, 4.69) is 17.5 Å². The van der Waals surface area contributed by atoms with Crippen LogP contribution in [0.25, 0.3) is 0 Å². The molecule has 1 N–H and O–H groups in total. The van der Waals surface area contributed by atoms with Crippen molar-refractivity contribution in [1.29, 1.82) is 0 Å². The standard InChI is InChI=1S/C11H16N2OS/c1-3-4-6-9(2)12-13-11(14)10-7-5-8-15-10/h5,7-8H,3-4,6H2,1-2H3,(H,13,14). The Kier molecular flexibility index (Phi) is 5.04. The zero-order valence-corrected chi connectivity index (χ0v) is 9.93. The summed E-state index contributed by atoms with van der Waals surface area (Å²) in [6, 6.07) is 3.64. The van der Waals surface area contributed by atoms with Gasteiger partial charge in [0.25, 0.3) is 5.91 Å². The average molecular weight is 224 g/mol. The summed E-state index contributed by atoms with van der Waals surface area (Å²) < 4.78 is 0. The van der Waals surface area contributed by atoms with E-state index in [9.17, 15) is 4.79 Å². The van der Waals surface area contributed by atoms with E-state index in [1.165, 1.54) is 11.3 Å². The van der Waals surface area contributed by atoms with Crippen molar-refractivity contribution in [2.75, 3.05) is 0 Å². The van der Waals surface area contributed by atoms with Crippen LogP contribution in [-0.4, -0.2) is 11.6 Å². The molecule has 0 saturated heterocycles.